The zero-order chi connectivity index (χ0) is 12.4. The first-order chi connectivity index (χ1) is 6.75. The summed E-state index contributed by atoms with van der Waals surface area (Å²) >= 11 is 0. The first-order valence-corrected chi connectivity index (χ1v) is 5.74. The molecule has 0 saturated heterocycles. The lowest BCUT2D eigenvalue weighted by molar-refractivity contribution is -0.118. The summed E-state index contributed by atoms with van der Waals surface area (Å²) in [6, 6.07) is 0. The average Bonchev–Trinajstić information content (AvgIpc) is 1.99. The second-order valence-electron chi connectivity index (χ2n) is 4.93. The van der Waals surface area contributed by atoms with Gasteiger partial charge in [-0.25, -0.2) is 0 Å². The Hall–Kier alpha value is -0.660. The van der Waals surface area contributed by atoms with Crippen LogP contribution in [0.1, 0.15) is 68.2 Å². The van der Waals surface area contributed by atoms with E-state index in [1.54, 1.807) is 13.8 Å². The van der Waals surface area contributed by atoms with Gasteiger partial charge >= 0.3 is 0 Å². The smallest absolute Gasteiger partial charge is 0.130 e. The quantitative estimate of drug-likeness (QED) is 0.707. The van der Waals surface area contributed by atoms with Crippen molar-refractivity contribution in [3.63, 3.8) is 0 Å². The van der Waals surface area contributed by atoms with Crippen molar-refractivity contribution in [1.82, 2.24) is 0 Å². The number of carbonyl (C=O) groups excluding carboxylic acids is 2. The van der Waals surface area contributed by atoms with E-state index in [4.69, 9.17) is 0 Å². The number of hydrogen-bond donors (Lipinski definition) is 0. The van der Waals surface area contributed by atoms with Crippen molar-refractivity contribution in [3.05, 3.63) is 0 Å². The summed E-state index contributed by atoms with van der Waals surface area (Å²) in [4.78, 5) is 20.6. The third kappa shape index (κ3) is 29.2. The van der Waals surface area contributed by atoms with E-state index in [1.165, 1.54) is 0 Å². The second-order valence-corrected chi connectivity index (χ2v) is 4.93. The van der Waals surface area contributed by atoms with Crippen LogP contribution in [0.5, 0.6) is 0 Å². The topological polar surface area (TPSA) is 34.1 Å². The Labute approximate surface area is 102 Å². The molecule has 0 bridgehead atoms. The van der Waals surface area contributed by atoms with Crippen LogP contribution in [0.2, 0.25) is 0 Å². The minimum Gasteiger partial charge on any atom is -0.300 e. The molecule has 0 spiro atoms. The Bertz CT molecular complexity index is 181. The van der Waals surface area contributed by atoms with Crippen molar-refractivity contribution in [2.24, 2.45) is 11.8 Å². The molecule has 0 fully saturated rings. The lowest BCUT2D eigenvalue weighted by Gasteiger charge is -1.98. The van der Waals surface area contributed by atoms with Gasteiger partial charge in [0.25, 0.3) is 0 Å². The molecule has 0 atom stereocenters. The molecule has 0 heterocycles. The lowest BCUT2D eigenvalue weighted by Crippen LogP contribution is -1.95. The number of hydrogen-bond acceptors (Lipinski definition) is 2. The second kappa shape index (κ2) is 12.4. The molecule has 0 rings (SSSR count). The van der Waals surface area contributed by atoms with Crippen LogP contribution in [-0.2, 0) is 9.59 Å². The summed E-state index contributed by atoms with van der Waals surface area (Å²) in [5.41, 5.74) is 0. The molecule has 0 aromatic carbocycles. The fraction of sp³-hybridized carbons (Fsp3) is 0.857. The molecule has 98 valence electrons. The maximum Gasteiger partial charge on any atom is 0.130 e. The van der Waals surface area contributed by atoms with Crippen molar-refractivity contribution in [1.29, 1.82) is 0 Å². The Morgan fingerprint density at radius 2 is 1.31 bits per heavy atom. The minimum absolute atomic E-state index is 0. The van der Waals surface area contributed by atoms with Crippen molar-refractivity contribution in [2.75, 3.05) is 0 Å². The highest BCUT2D eigenvalue weighted by Gasteiger charge is 1.96. The maximum absolute atomic E-state index is 10.3. The zero-order valence-electron chi connectivity index (χ0n) is 11.1. The van der Waals surface area contributed by atoms with E-state index in [1.807, 2.05) is 13.8 Å². The fourth-order valence-electron chi connectivity index (χ4n) is 1.07. The summed E-state index contributed by atoms with van der Waals surface area (Å²) < 4.78 is 0. The minimum atomic E-state index is 0. The molecule has 0 radical (unpaired) electrons. The zero-order valence-corrected chi connectivity index (χ0v) is 11.1. The van der Waals surface area contributed by atoms with E-state index in [2.05, 4.69) is 13.8 Å². The van der Waals surface area contributed by atoms with Gasteiger partial charge in [0.15, 0.2) is 0 Å². The Morgan fingerprint density at radius 3 is 1.38 bits per heavy atom. The van der Waals surface area contributed by atoms with Gasteiger partial charge in [-0.2, -0.15) is 0 Å². The lowest BCUT2D eigenvalue weighted by atomic mass is 10.1. The van der Waals surface area contributed by atoms with Crippen LogP contribution in [0.3, 0.4) is 0 Å². The van der Waals surface area contributed by atoms with Gasteiger partial charge in [-0.3, -0.25) is 0 Å². The first-order valence-electron chi connectivity index (χ1n) is 5.74. The predicted molar refractivity (Wildman–Crippen MR) is 71.6 cm³/mol. The average molecular weight is 230 g/mol. The van der Waals surface area contributed by atoms with Gasteiger partial charge in [-0.1, -0.05) is 35.1 Å². The molecule has 0 N–H and O–H groups in total. The van der Waals surface area contributed by atoms with Crippen LogP contribution in [0, 0.1) is 11.8 Å². The molecular weight excluding hydrogens is 200 g/mol. The molecular formula is C14H30O2. The van der Waals surface area contributed by atoms with Crippen LogP contribution in [0.15, 0.2) is 0 Å². The SMILES string of the molecule is C.CC(=O)CC(C)C.CC(=O)CCC(C)C. The maximum atomic E-state index is 10.3. The summed E-state index contributed by atoms with van der Waals surface area (Å²) in [5.74, 6) is 1.78. The molecule has 2 heteroatoms. The molecule has 0 amide bonds. The van der Waals surface area contributed by atoms with Gasteiger partial charge < -0.3 is 9.59 Å². The van der Waals surface area contributed by atoms with Gasteiger partial charge in [0.1, 0.15) is 11.6 Å². The van der Waals surface area contributed by atoms with E-state index in [9.17, 15) is 9.59 Å². The van der Waals surface area contributed by atoms with Gasteiger partial charge in [0, 0.05) is 12.8 Å². The van der Waals surface area contributed by atoms with Crippen molar-refractivity contribution in [2.45, 2.75) is 68.2 Å². The number of ketones is 2. The molecule has 0 aromatic rings. The summed E-state index contributed by atoms with van der Waals surface area (Å²) in [7, 11) is 0. The van der Waals surface area contributed by atoms with Crippen molar-refractivity contribution in [3.8, 4) is 0 Å². The van der Waals surface area contributed by atoms with Gasteiger partial charge in [0.05, 0.1) is 0 Å². The third-order valence-corrected chi connectivity index (χ3v) is 1.77. The number of Topliss-reactive ketones (excluding diaryl/α,β-unsaturated/α-hetero) is 2. The third-order valence-electron chi connectivity index (χ3n) is 1.77. The summed E-state index contributed by atoms with van der Waals surface area (Å²) in [6.07, 6.45) is 2.51. The molecule has 0 aliphatic heterocycles. The highest BCUT2D eigenvalue weighted by atomic mass is 16.1. The normalized spacial score (nSPS) is 9.25. The van der Waals surface area contributed by atoms with E-state index in [-0.39, 0.29) is 13.2 Å². The van der Waals surface area contributed by atoms with Gasteiger partial charge in [-0.05, 0) is 32.1 Å². The van der Waals surface area contributed by atoms with Crippen LogP contribution >= 0.6 is 0 Å². The standard InChI is InChI=1S/C7H14O.C6H12O.CH4/c1-6(2)4-5-7(3)8;1-5(2)4-6(3)7;/h6H,4-5H2,1-3H3;5H,4H2,1-3H3;1H4. The van der Waals surface area contributed by atoms with Crippen molar-refractivity contribution >= 4 is 11.6 Å². The van der Waals surface area contributed by atoms with E-state index >= 15 is 0 Å². The summed E-state index contributed by atoms with van der Waals surface area (Å²) in [5, 5.41) is 0. The van der Waals surface area contributed by atoms with E-state index < -0.39 is 0 Å². The Balaban J connectivity index is -0.000000200. The van der Waals surface area contributed by atoms with Gasteiger partial charge in [-0.15, -0.1) is 0 Å². The first kappa shape index (κ1) is 20.7. The molecule has 0 aliphatic rings. The van der Waals surface area contributed by atoms with E-state index in [0.29, 0.717) is 17.6 Å². The largest absolute Gasteiger partial charge is 0.300 e. The monoisotopic (exact) mass is 230 g/mol. The molecule has 0 saturated carbocycles. The molecule has 16 heavy (non-hydrogen) atoms. The van der Waals surface area contributed by atoms with E-state index in [0.717, 1.165) is 19.3 Å². The molecule has 0 aromatic heterocycles. The highest BCUT2D eigenvalue weighted by molar-refractivity contribution is 5.75. The summed E-state index contributed by atoms with van der Waals surface area (Å²) in [6.45, 7) is 11.6. The van der Waals surface area contributed by atoms with Crippen LogP contribution < -0.4 is 0 Å². The molecule has 0 unspecified atom stereocenters. The van der Waals surface area contributed by atoms with Gasteiger partial charge in [0.2, 0.25) is 0 Å². The molecule has 0 aliphatic carbocycles. The number of carbonyl (C=O) groups is 2. The van der Waals surface area contributed by atoms with Crippen molar-refractivity contribution < 1.29 is 9.59 Å². The Kier molecular flexibility index (Phi) is 16.1. The van der Waals surface area contributed by atoms with Crippen LogP contribution in [0.25, 0.3) is 0 Å². The highest BCUT2D eigenvalue weighted by Crippen LogP contribution is 2.02. The van der Waals surface area contributed by atoms with Crippen LogP contribution in [-0.4, -0.2) is 11.6 Å². The molecule has 2 nitrogen and oxygen atoms in total. The number of rotatable bonds is 5. The Morgan fingerprint density at radius 1 is 0.875 bits per heavy atom. The van der Waals surface area contributed by atoms with Crippen LogP contribution in [0.4, 0.5) is 0 Å². The predicted octanol–water partition coefficient (Wildman–Crippen LogP) is 4.27. The fourth-order valence-corrected chi connectivity index (χ4v) is 1.07.